The summed E-state index contributed by atoms with van der Waals surface area (Å²) in [7, 11) is 1.55. The number of ether oxygens (including phenoxy) is 3. The molecule has 152 valence electrons. The Hall–Kier alpha value is -3.81. The van der Waals surface area contributed by atoms with Crippen LogP contribution in [0.3, 0.4) is 0 Å². The van der Waals surface area contributed by atoms with Crippen LogP contribution in [0.25, 0.3) is 0 Å². The normalized spacial score (nSPS) is 27.3. The molecule has 2 amide bonds. The summed E-state index contributed by atoms with van der Waals surface area (Å²) in [6, 6.07) is 14.6. The molecule has 2 fully saturated rings. The molecule has 1 spiro atoms. The molecule has 8 heteroatoms. The van der Waals surface area contributed by atoms with Gasteiger partial charge < -0.3 is 14.2 Å². The van der Waals surface area contributed by atoms with Gasteiger partial charge in [-0.1, -0.05) is 30.3 Å². The lowest BCUT2D eigenvalue weighted by Gasteiger charge is -2.55. The van der Waals surface area contributed by atoms with Gasteiger partial charge in [0.25, 0.3) is 5.91 Å². The molecule has 0 aromatic heterocycles. The zero-order valence-electron chi connectivity index (χ0n) is 16.1. The maximum Gasteiger partial charge on any atom is 0.411 e. The second kappa shape index (κ2) is 6.62. The van der Waals surface area contributed by atoms with Crippen molar-refractivity contribution in [2.75, 3.05) is 18.6 Å². The van der Waals surface area contributed by atoms with Gasteiger partial charge in [-0.05, 0) is 35.9 Å². The number of carbonyl (C=O) groups excluding carboxylic acids is 3. The van der Waals surface area contributed by atoms with Gasteiger partial charge in [0, 0.05) is 11.8 Å². The largest absolute Gasteiger partial charge is 0.497 e. The van der Waals surface area contributed by atoms with Crippen molar-refractivity contribution >= 4 is 23.7 Å². The number of hydrogen-bond donors (Lipinski definition) is 0. The van der Waals surface area contributed by atoms with Gasteiger partial charge >= 0.3 is 12.1 Å². The number of carbonyl (C=O) groups is 3. The predicted octanol–water partition coefficient (Wildman–Crippen LogP) is 2.41. The Morgan fingerprint density at radius 2 is 1.77 bits per heavy atom. The summed E-state index contributed by atoms with van der Waals surface area (Å²) in [5, 5.41) is 0. The van der Waals surface area contributed by atoms with E-state index in [0.29, 0.717) is 11.4 Å². The van der Waals surface area contributed by atoms with Crippen LogP contribution in [0.15, 0.2) is 66.7 Å². The highest BCUT2D eigenvalue weighted by atomic mass is 16.6. The monoisotopic (exact) mass is 406 g/mol. The highest BCUT2D eigenvalue weighted by Crippen LogP contribution is 2.48. The molecule has 3 aliphatic rings. The van der Waals surface area contributed by atoms with Gasteiger partial charge in [-0.2, -0.15) is 0 Å². The third-order valence-electron chi connectivity index (χ3n) is 5.62. The molecule has 3 heterocycles. The number of β-lactam (4-membered cyclic amide) rings is 1. The highest BCUT2D eigenvalue weighted by Gasteiger charge is 2.69. The Kier molecular flexibility index (Phi) is 4.02. The van der Waals surface area contributed by atoms with Crippen molar-refractivity contribution in [3.8, 4) is 5.75 Å². The summed E-state index contributed by atoms with van der Waals surface area (Å²) in [6.45, 7) is 0.114. The van der Waals surface area contributed by atoms with Gasteiger partial charge in [0.15, 0.2) is 6.04 Å². The number of esters is 1. The average Bonchev–Trinajstić information content (AvgIpc) is 3.34. The summed E-state index contributed by atoms with van der Waals surface area (Å²) in [5.41, 5.74) is -0.0539. The zero-order valence-corrected chi connectivity index (χ0v) is 16.1. The zero-order chi connectivity index (χ0) is 20.9. The lowest BCUT2D eigenvalue weighted by atomic mass is 9.86. The molecule has 2 aromatic carbocycles. The topological polar surface area (TPSA) is 85.4 Å². The van der Waals surface area contributed by atoms with Crippen molar-refractivity contribution in [2.45, 2.75) is 17.8 Å². The van der Waals surface area contributed by atoms with E-state index >= 15 is 0 Å². The molecule has 30 heavy (non-hydrogen) atoms. The number of benzene rings is 2. The standard InChI is InChI=1S/C22H18N2O6/c1-28-16-9-7-15(8-10-16)24-20(26)19(22(24)12-11-18(25)30-22)23-17(13-29-21(23)27)14-5-3-2-4-6-14/h2-12,17,19H,13H2,1H3/t17-,19-,22+/m0/s1. The summed E-state index contributed by atoms with van der Waals surface area (Å²) in [4.78, 5) is 40.7. The van der Waals surface area contributed by atoms with Gasteiger partial charge in [-0.15, -0.1) is 0 Å². The molecule has 2 aromatic rings. The predicted molar refractivity (Wildman–Crippen MR) is 105 cm³/mol. The van der Waals surface area contributed by atoms with E-state index in [-0.39, 0.29) is 12.5 Å². The second-order valence-electron chi connectivity index (χ2n) is 7.19. The van der Waals surface area contributed by atoms with E-state index in [9.17, 15) is 14.4 Å². The van der Waals surface area contributed by atoms with E-state index in [2.05, 4.69) is 0 Å². The van der Waals surface area contributed by atoms with Crippen molar-refractivity contribution in [3.05, 3.63) is 72.3 Å². The van der Waals surface area contributed by atoms with Gasteiger partial charge in [-0.3, -0.25) is 14.6 Å². The van der Waals surface area contributed by atoms with Crippen LogP contribution in [0.5, 0.6) is 5.75 Å². The number of cyclic esters (lactones) is 1. The quantitative estimate of drug-likeness (QED) is 0.573. The minimum atomic E-state index is -1.42. The Bertz CT molecular complexity index is 1050. The molecule has 2 saturated heterocycles. The molecule has 0 radical (unpaired) electrons. The first-order valence-electron chi connectivity index (χ1n) is 9.45. The van der Waals surface area contributed by atoms with Crippen molar-refractivity contribution in [1.29, 1.82) is 0 Å². The number of amides is 2. The summed E-state index contributed by atoms with van der Waals surface area (Å²) >= 11 is 0. The van der Waals surface area contributed by atoms with Gasteiger partial charge in [0.2, 0.25) is 5.72 Å². The Morgan fingerprint density at radius 3 is 2.40 bits per heavy atom. The molecule has 0 saturated carbocycles. The van der Waals surface area contributed by atoms with Crippen molar-refractivity contribution in [1.82, 2.24) is 4.90 Å². The van der Waals surface area contributed by atoms with E-state index in [1.165, 1.54) is 22.0 Å². The lowest BCUT2D eigenvalue weighted by Crippen LogP contribution is -2.79. The number of rotatable bonds is 4. The highest BCUT2D eigenvalue weighted by molar-refractivity contribution is 6.11. The van der Waals surface area contributed by atoms with Crippen LogP contribution in [0.1, 0.15) is 11.6 Å². The van der Waals surface area contributed by atoms with Crippen molar-refractivity contribution < 1.29 is 28.6 Å². The molecule has 3 aliphatic heterocycles. The Balaban J connectivity index is 1.55. The third kappa shape index (κ3) is 2.50. The first-order chi connectivity index (χ1) is 14.5. The van der Waals surface area contributed by atoms with Gasteiger partial charge in [0.05, 0.1) is 13.2 Å². The van der Waals surface area contributed by atoms with Gasteiger partial charge in [-0.25, -0.2) is 9.59 Å². The third-order valence-corrected chi connectivity index (χ3v) is 5.62. The fourth-order valence-electron chi connectivity index (χ4n) is 4.24. The maximum absolute atomic E-state index is 13.3. The van der Waals surface area contributed by atoms with Crippen LogP contribution in [-0.2, 0) is 19.1 Å². The smallest absolute Gasteiger partial charge is 0.411 e. The summed E-state index contributed by atoms with van der Waals surface area (Å²) in [6.07, 6.45) is 2.18. The van der Waals surface area contributed by atoms with Crippen LogP contribution < -0.4 is 9.64 Å². The first-order valence-corrected chi connectivity index (χ1v) is 9.45. The fraction of sp³-hybridized carbons (Fsp3) is 0.227. The molecular formula is C22H18N2O6. The minimum absolute atomic E-state index is 0.114. The molecule has 0 N–H and O–H groups in total. The molecule has 8 nitrogen and oxygen atoms in total. The molecule has 0 bridgehead atoms. The number of nitrogens with zero attached hydrogens (tertiary/aromatic N) is 2. The second-order valence-corrected chi connectivity index (χ2v) is 7.19. The Labute approximate surface area is 172 Å². The molecular weight excluding hydrogens is 388 g/mol. The number of anilines is 1. The fourth-order valence-corrected chi connectivity index (χ4v) is 4.24. The van der Waals surface area contributed by atoms with E-state index in [1.807, 2.05) is 30.3 Å². The van der Waals surface area contributed by atoms with Crippen LogP contribution in [0, 0.1) is 0 Å². The van der Waals surface area contributed by atoms with Crippen LogP contribution in [0.4, 0.5) is 10.5 Å². The van der Waals surface area contributed by atoms with Gasteiger partial charge in [0.1, 0.15) is 12.4 Å². The van der Waals surface area contributed by atoms with Crippen LogP contribution in [-0.4, -0.2) is 48.4 Å². The maximum atomic E-state index is 13.3. The van der Waals surface area contributed by atoms with Crippen molar-refractivity contribution in [3.63, 3.8) is 0 Å². The van der Waals surface area contributed by atoms with E-state index in [4.69, 9.17) is 14.2 Å². The summed E-state index contributed by atoms with van der Waals surface area (Å²) in [5.74, 6) is -0.308. The van der Waals surface area contributed by atoms with Crippen LogP contribution >= 0.6 is 0 Å². The van der Waals surface area contributed by atoms with E-state index in [1.54, 1.807) is 31.4 Å². The minimum Gasteiger partial charge on any atom is -0.497 e. The Morgan fingerprint density at radius 1 is 1.03 bits per heavy atom. The number of hydrogen-bond acceptors (Lipinski definition) is 6. The molecule has 0 unspecified atom stereocenters. The first kappa shape index (κ1) is 18.2. The van der Waals surface area contributed by atoms with E-state index < -0.39 is 29.9 Å². The molecule has 0 aliphatic carbocycles. The van der Waals surface area contributed by atoms with E-state index in [0.717, 1.165) is 5.56 Å². The SMILES string of the molecule is COc1ccc(N2C(=O)[C@H](N3C(=O)OC[C@H]3c3ccccc3)[C@]23C=CC(=O)O3)cc1. The summed E-state index contributed by atoms with van der Waals surface area (Å²) < 4.78 is 16.1. The lowest BCUT2D eigenvalue weighted by molar-refractivity contribution is -0.168. The molecule has 5 rings (SSSR count). The van der Waals surface area contributed by atoms with Crippen molar-refractivity contribution in [2.24, 2.45) is 0 Å². The average molecular weight is 406 g/mol. The number of methoxy groups -OCH3 is 1. The molecule has 3 atom stereocenters. The van der Waals surface area contributed by atoms with Crippen LogP contribution in [0.2, 0.25) is 0 Å².